The Hall–Kier alpha value is 1.40. The minimum atomic E-state index is -1.84. The molecule has 58 valence electrons. The van der Waals surface area contributed by atoms with Crippen LogP contribution in [0.3, 0.4) is 0 Å². The molecule has 2 heteroatoms. The van der Waals surface area contributed by atoms with Crippen molar-refractivity contribution >= 4 is 42.3 Å². The van der Waals surface area contributed by atoms with Gasteiger partial charge in [0.05, 0.1) is 0 Å². The molecule has 0 N–H and O–H groups in total. The second kappa shape index (κ2) is 3.88. The van der Waals surface area contributed by atoms with Crippen molar-refractivity contribution in [3.05, 3.63) is 0 Å². The Bertz CT molecular complexity index is 140. The van der Waals surface area contributed by atoms with Crippen LogP contribution in [0.1, 0.15) is 0 Å². The van der Waals surface area contributed by atoms with E-state index in [1.807, 2.05) is 0 Å². The minimum absolute atomic E-state index is 1.84. The van der Waals surface area contributed by atoms with Gasteiger partial charge < -0.3 is 0 Å². The number of hydrogen-bond acceptors (Lipinski definition) is 0. The molecule has 0 aromatic rings. The molecule has 0 aliphatic rings. The third-order valence-corrected chi connectivity index (χ3v) is 11.4. The van der Waals surface area contributed by atoms with Crippen LogP contribution in [0.2, 0.25) is 26.9 Å². The van der Waals surface area contributed by atoms with Crippen molar-refractivity contribution in [2.45, 2.75) is 26.9 Å². The van der Waals surface area contributed by atoms with E-state index in [-0.39, 0.29) is 0 Å². The fourth-order valence-electron chi connectivity index (χ4n) is 0.375. The predicted molar refractivity (Wildman–Crippen MR) is 54.5 cm³/mol. The quantitative estimate of drug-likeness (QED) is 0.335. The third-order valence-electron chi connectivity index (χ3n) is 0.812. The zero-order valence-electron chi connectivity index (χ0n) is 8.00. The van der Waals surface area contributed by atoms with Gasteiger partial charge in [0.25, 0.3) is 0 Å². The molecule has 0 aliphatic heterocycles. The van der Waals surface area contributed by atoms with Gasteiger partial charge in [-0.2, -0.15) is 0 Å². The molecular weight excluding hydrogens is 510 g/mol. The zero-order chi connectivity index (χ0) is 8.41. The summed E-state index contributed by atoms with van der Waals surface area (Å²) < 4.78 is 21.4. The van der Waals surface area contributed by atoms with Crippen LogP contribution in [-0.2, 0) is 0 Å². The average molecular weight is 529 g/mol. The average Bonchev–Trinajstić information content (AvgIpc) is 1.57. The van der Waals surface area contributed by atoms with Gasteiger partial charge in [-0.3, -0.25) is 0 Å². The van der Waals surface area contributed by atoms with Crippen molar-refractivity contribution < 1.29 is 0 Å². The van der Waals surface area contributed by atoms with Gasteiger partial charge in [0.15, 0.2) is 0 Å². The molecule has 0 aromatic carbocycles. The van der Waals surface area contributed by atoms with Crippen molar-refractivity contribution in [3.63, 3.8) is 0 Å². The van der Waals surface area contributed by atoms with Crippen LogP contribution in [0.4, 0.5) is 0 Å². The molecule has 0 unspecified atom stereocenters. The topological polar surface area (TPSA) is 0 Å². The standard InChI is InChI=1S/C2.6CH3.2Pb/c1-2;;;;;;;;/h;6*1H3;;. The monoisotopic (exact) mass is 530 g/mol. The van der Waals surface area contributed by atoms with Gasteiger partial charge in [0, 0.05) is 0 Å². The first-order chi connectivity index (χ1) is 4.21. The first kappa shape index (κ1) is 11.4. The van der Waals surface area contributed by atoms with E-state index in [1.54, 1.807) is 0 Å². The van der Waals surface area contributed by atoms with Crippen LogP contribution < -0.4 is 0 Å². The van der Waals surface area contributed by atoms with Gasteiger partial charge in [-0.15, -0.1) is 0 Å². The molecule has 0 saturated carbocycles. The maximum absolute atomic E-state index is 3.53. The van der Waals surface area contributed by atoms with Crippen LogP contribution >= 0.6 is 0 Å². The Morgan fingerprint density at radius 3 is 0.900 bits per heavy atom. The van der Waals surface area contributed by atoms with Crippen LogP contribution in [0, 0.1) is 6.96 Å². The van der Waals surface area contributed by atoms with E-state index in [1.165, 1.54) is 0 Å². The molecule has 0 spiro atoms. The molecule has 0 aromatic heterocycles. The van der Waals surface area contributed by atoms with Crippen LogP contribution in [-0.4, -0.2) is 42.3 Å². The van der Waals surface area contributed by atoms with Gasteiger partial charge in [0.2, 0.25) is 0 Å². The van der Waals surface area contributed by atoms with E-state index in [2.05, 4.69) is 33.9 Å². The summed E-state index contributed by atoms with van der Waals surface area (Å²) in [7, 11) is 0. The molecule has 0 saturated heterocycles. The normalized spacial score (nSPS) is 12.2. The van der Waals surface area contributed by atoms with Gasteiger partial charge in [-0.05, 0) is 0 Å². The molecule has 0 fully saturated rings. The molecule has 10 heavy (non-hydrogen) atoms. The van der Waals surface area contributed by atoms with E-state index in [0.717, 1.165) is 0 Å². The van der Waals surface area contributed by atoms with Crippen molar-refractivity contribution in [1.29, 1.82) is 0 Å². The molecule has 0 heterocycles. The van der Waals surface area contributed by atoms with Crippen molar-refractivity contribution in [2.24, 2.45) is 0 Å². The fourth-order valence-corrected chi connectivity index (χ4v) is 28.9. The van der Waals surface area contributed by atoms with E-state index in [9.17, 15) is 0 Å². The second-order valence-corrected chi connectivity index (χ2v) is 41.7. The third kappa shape index (κ3) is 9.40. The van der Waals surface area contributed by atoms with E-state index < -0.39 is 42.3 Å². The summed E-state index contributed by atoms with van der Waals surface area (Å²) in [6, 6.07) is 0. The Labute approximate surface area is 75.1 Å². The summed E-state index contributed by atoms with van der Waals surface area (Å²) in [5.74, 6) is 0. The predicted octanol–water partition coefficient (Wildman–Crippen LogP) is 2.74. The summed E-state index contributed by atoms with van der Waals surface area (Å²) in [6.45, 7) is 0. The van der Waals surface area contributed by atoms with Crippen molar-refractivity contribution in [1.82, 2.24) is 0 Å². The molecule has 0 bridgehead atoms. The van der Waals surface area contributed by atoms with Crippen molar-refractivity contribution in [3.8, 4) is 6.96 Å². The Morgan fingerprint density at radius 2 is 0.800 bits per heavy atom. The SMILES string of the molecule is [CH3][Pb]([CH3])([CH3])[C]#[C][Pb]([CH3])([CH3])[CH3]. The first-order valence-electron chi connectivity index (χ1n) is 3.75. The van der Waals surface area contributed by atoms with Crippen LogP contribution in [0.25, 0.3) is 0 Å². The van der Waals surface area contributed by atoms with E-state index in [4.69, 9.17) is 0 Å². The van der Waals surface area contributed by atoms with Gasteiger partial charge in [-0.1, -0.05) is 0 Å². The Kier molecular flexibility index (Phi) is 4.42. The molecule has 0 atom stereocenters. The maximum atomic E-state index is 3.53. The summed E-state index contributed by atoms with van der Waals surface area (Å²) in [6.07, 6.45) is 0. The summed E-state index contributed by atoms with van der Waals surface area (Å²) in [5, 5.41) is 0. The second-order valence-electron chi connectivity index (χ2n) is 4.75. The molecular formula is C8H18Pb2. The Morgan fingerprint density at radius 1 is 0.600 bits per heavy atom. The molecule has 0 aliphatic carbocycles. The Balaban J connectivity index is 4.19. The number of rotatable bonds is 0. The van der Waals surface area contributed by atoms with Gasteiger partial charge in [0.1, 0.15) is 0 Å². The molecule has 0 nitrogen and oxygen atoms in total. The zero-order valence-corrected chi connectivity index (χ0v) is 15.8. The van der Waals surface area contributed by atoms with E-state index in [0.29, 0.717) is 0 Å². The molecule has 0 radical (unpaired) electrons. The summed E-state index contributed by atoms with van der Waals surface area (Å²) in [4.78, 5) is 0. The van der Waals surface area contributed by atoms with Crippen LogP contribution in [0.15, 0.2) is 0 Å². The number of hydrogen-bond donors (Lipinski definition) is 0. The van der Waals surface area contributed by atoms with Crippen molar-refractivity contribution in [2.75, 3.05) is 0 Å². The van der Waals surface area contributed by atoms with Gasteiger partial charge in [-0.25, -0.2) is 0 Å². The first-order valence-corrected chi connectivity index (χ1v) is 31.0. The summed E-state index contributed by atoms with van der Waals surface area (Å²) >= 11 is -3.67. The van der Waals surface area contributed by atoms with E-state index >= 15 is 0 Å². The van der Waals surface area contributed by atoms with Gasteiger partial charge >= 0.3 is 76.2 Å². The molecule has 0 rings (SSSR count). The van der Waals surface area contributed by atoms with Crippen LogP contribution in [0.5, 0.6) is 0 Å². The fraction of sp³-hybridized carbons (Fsp3) is 0.750. The molecule has 0 amide bonds. The summed E-state index contributed by atoms with van der Waals surface area (Å²) in [5.41, 5.74) is 0.